The molecule has 20 heavy (non-hydrogen) atoms. The summed E-state index contributed by atoms with van der Waals surface area (Å²) in [5.41, 5.74) is 5.25. The monoisotopic (exact) mass is 282 g/mol. The molecule has 0 aliphatic rings. The number of nitrogens with two attached hydrogens (primary N) is 1. The van der Waals surface area contributed by atoms with E-state index in [1.807, 2.05) is 6.20 Å². The van der Waals surface area contributed by atoms with Gasteiger partial charge in [0, 0.05) is 18.9 Å². The van der Waals surface area contributed by atoms with E-state index in [4.69, 9.17) is 5.73 Å². The zero-order valence-electron chi connectivity index (χ0n) is 13.8. The van der Waals surface area contributed by atoms with Crippen LogP contribution in [0.3, 0.4) is 0 Å². The molecule has 0 radical (unpaired) electrons. The van der Waals surface area contributed by atoms with Crippen LogP contribution in [-0.2, 0) is 0 Å². The minimum absolute atomic E-state index is 1.06. The van der Waals surface area contributed by atoms with E-state index >= 15 is 0 Å². The number of hydrogen-bond donors (Lipinski definition) is 2. The van der Waals surface area contributed by atoms with Crippen LogP contribution < -0.4 is 11.1 Å². The SMILES string of the molecule is CCCCCCCCCCCCCCCCN/C=C\N. The number of rotatable bonds is 16. The second kappa shape index (κ2) is 18.3. The highest BCUT2D eigenvalue weighted by molar-refractivity contribution is 4.71. The zero-order chi connectivity index (χ0) is 14.7. The van der Waals surface area contributed by atoms with E-state index < -0.39 is 0 Å². The normalized spacial score (nSPS) is 11.2. The molecule has 0 heterocycles. The van der Waals surface area contributed by atoms with E-state index in [1.165, 1.54) is 89.9 Å². The van der Waals surface area contributed by atoms with Gasteiger partial charge in [-0.25, -0.2) is 0 Å². The van der Waals surface area contributed by atoms with Crippen LogP contribution in [0.1, 0.15) is 96.8 Å². The van der Waals surface area contributed by atoms with Crippen LogP contribution >= 0.6 is 0 Å². The predicted molar refractivity (Wildman–Crippen MR) is 91.6 cm³/mol. The average molecular weight is 283 g/mol. The van der Waals surface area contributed by atoms with Crippen LogP contribution in [0.2, 0.25) is 0 Å². The van der Waals surface area contributed by atoms with Crippen LogP contribution in [-0.4, -0.2) is 6.54 Å². The first-order valence-corrected chi connectivity index (χ1v) is 9.02. The average Bonchev–Trinajstić information content (AvgIpc) is 2.47. The Morgan fingerprint density at radius 3 is 1.45 bits per heavy atom. The van der Waals surface area contributed by atoms with Gasteiger partial charge in [0.1, 0.15) is 0 Å². The van der Waals surface area contributed by atoms with Gasteiger partial charge in [-0.05, 0) is 6.42 Å². The molecule has 0 bridgehead atoms. The Balaban J connectivity index is 2.92. The molecule has 2 heteroatoms. The van der Waals surface area contributed by atoms with Gasteiger partial charge in [-0.15, -0.1) is 0 Å². The number of unbranched alkanes of at least 4 members (excludes halogenated alkanes) is 13. The number of nitrogens with one attached hydrogen (secondary N) is 1. The third-order valence-corrected chi connectivity index (χ3v) is 3.89. The van der Waals surface area contributed by atoms with Crippen LogP contribution in [0, 0.1) is 0 Å². The van der Waals surface area contributed by atoms with Gasteiger partial charge in [-0.3, -0.25) is 0 Å². The lowest BCUT2D eigenvalue weighted by Gasteiger charge is -2.03. The number of hydrogen-bond acceptors (Lipinski definition) is 2. The summed E-state index contributed by atoms with van der Waals surface area (Å²) in [5, 5.41) is 3.17. The molecule has 3 N–H and O–H groups in total. The molecular weight excluding hydrogens is 244 g/mol. The van der Waals surface area contributed by atoms with Crippen molar-refractivity contribution in [2.45, 2.75) is 96.8 Å². The van der Waals surface area contributed by atoms with Crippen molar-refractivity contribution < 1.29 is 0 Å². The molecule has 0 aromatic rings. The van der Waals surface area contributed by atoms with E-state index in [0.717, 1.165) is 6.54 Å². The first kappa shape index (κ1) is 19.3. The van der Waals surface area contributed by atoms with Crippen molar-refractivity contribution >= 4 is 0 Å². The van der Waals surface area contributed by atoms with Crippen molar-refractivity contribution in [2.24, 2.45) is 5.73 Å². The summed E-state index contributed by atoms with van der Waals surface area (Å²) in [7, 11) is 0. The fraction of sp³-hybridized carbons (Fsp3) is 0.889. The van der Waals surface area contributed by atoms with Gasteiger partial charge in [0.15, 0.2) is 0 Å². The quantitative estimate of drug-likeness (QED) is 0.367. The molecule has 0 atom stereocenters. The Labute approximate surface area is 127 Å². The second-order valence-electron chi connectivity index (χ2n) is 5.91. The minimum atomic E-state index is 1.06. The summed E-state index contributed by atoms with van der Waals surface area (Å²) in [6.07, 6.45) is 23.2. The highest BCUT2D eigenvalue weighted by atomic mass is 14.8. The molecule has 0 fully saturated rings. The van der Waals surface area contributed by atoms with Gasteiger partial charge in [0.25, 0.3) is 0 Å². The Morgan fingerprint density at radius 2 is 1.05 bits per heavy atom. The maximum Gasteiger partial charge on any atom is 0.0141 e. The molecule has 0 aliphatic carbocycles. The molecule has 2 nitrogen and oxygen atoms in total. The molecule has 0 aromatic heterocycles. The van der Waals surface area contributed by atoms with Crippen LogP contribution in [0.15, 0.2) is 12.4 Å². The summed E-state index contributed by atoms with van der Waals surface area (Å²) in [5.74, 6) is 0. The zero-order valence-corrected chi connectivity index (χ0v) is 13.8. The first-order chi connectivity index (χ1) is 9.91. The molecule has 0 spiro atoms. The summed E-state index contributed by atoms with van der Waals surface area (Å²) in [6.45, 7) is 3.35. The van der Waals surface area contributed by atoms with Crippen molar-refractivity contribution in [1.82, 2.24) is 5.32 Å². The van der Waals surface area contributed by atoms with Gasteiger partial charge in [-0.2, -0.15) is 0 Å². The van der Waals surface area contributed by atoms with E-state index in [0.29, 0.717) is 0 Å². The van der Waals surface area contributed by atoms with E-state index in [-0.39, 0.29) is 0 Å². The predicted octanol–water partition coefficient (Wildman–Crippen LogP) is 5.49. The van der Waals surface area contributed by atoms with Crippen molar-refractivity contribution in [3.05, 3.63) is 12.4 Å². The fourth-order valence-corrected chi connectivity index (χ4v) is 2.57. The third kappa shape index (κ3) is 17.3. The van der Waals surface area contributed by atoms with Gasteiger partial charge in [0.05, 0.1) is 0 Å². The van der Waals surface area contributed by atoms with Gasteiger partial charge in [0.2, 0.25) is 0 Å². The van der Waals surface area contributed by atoms with Gasteiger partial charge in [-0.1, -0.05) is 90.4 Å². The highest BCUT2D eigenvalue weighted by Crippen LogP contribution is 2.12. The Morgan fingerprint density at radius 1 is 0.650 bits per heavy atom. The molecule has 0 saturated carbocycles. The second-order valence-corrected chi connectivity index (χ2v) is 5.91. The van der Waals surface area contributed by atoms with E-state index in [1.54, 1.807) is 6.20 Å². The Kier molecular flexibility index (Phi) is 17.7. The maximum atomic E-state index is 5.25. The van der Waals surface area contributed by atoms with Crippen molar-refractivity contribution in [3.8, 4) is 0 Å². The molecule has 0 saturated heterocycles. The third-order valence-electron chi connectivity index (χ3n) is 3.89. The molecule has 0 aliphatic heterocycles. The lowest BCUT2D eigenvalue weighted by Crippen LogP contribution is -2.07. The smallest absolute Gasteiger partial charge is 0.0141 e. The van der Waals surface area contributed by atoms with E-state index in [9.17, 15) is 0 Å². The molecule has 0 amide bonds. The Hall–Kier alpha value is -0.660. The van der Waals surface area contributed by atoms with Crippen molar-refractivity contribution in [2.75, 3.05) is 6.54 Å². The molecule has 0 aromatic carbocycles. The van der Waals surface area contributed by atoms with Crippen LogP contribution in [0.5, 0.6) is 0 Å². The van der Waals surface area contributed by atoms with Crippen LogP contribution in [0.25, 0.3) is 0 Å². The Bertz CT molecular complexity index is 190. The first-order valence-electron chi connectivity index (χ1n) is 9.02. The standard InChI is InChI=1S/C18H38N2/c1-2-3-4-5-6-7-8-9-10-11-12-13-14-15-17-20-18-16-19/h16,18,20H,2-15,17,19H2,1H3/b18-16-. The fourth-order valence-electron chi connectivity index (χ4n) is 2.57. The van der Waals surface area contributed by atoms with Crippen molar-refractivity contribution in [3.63, 3.8) is 0 Å². The lowest BCUT2D eigenvalue weighted by molar-refractivity contribution is 0.534. The topological polar surface area (TPSA) is 38.0 Å². The molecule has 0 unspecified atom stereocenters. The van der Waals surface area contributed by atoms with Crippen molar-refractivity contribution in [1.29, 1.82) is 0 Å². The molecule has 120 valence electrons. The lowest BCUT2D eigenvalue weighted by atomic mass is 10.0. The summed E-state index contributed by atoms with van der Waals surface area (Å²) >= 11 is 0. The summed E-state index contributed by atoms with van der Waals surface area (Å²) in [4.78, 5) is 0. The largest absolute Gasteiger partial charge is 0.403 e. The van der Waals surface area contributed by atoms with Gasteiger partial charge >= 0.3 is 0 Å². The van der Waals surface area contributed by atoms with E-state index in [2.05, 4.69) is 12.2 Å². The molecular formula is C18H38N2. The maximum absolute atomic E-state index is 5.25. The summed E-state index contributed by atoms with van der Waals surface area (Å²) < 4.78 is 0. The minimum Gasteiger partial charge on any atom is -0.403 e. The highest BCUT2D eigenvalue weighted by Gasteiger charge is 1.93. The van der Waals surface area contributed by atoms with Gasteiger partial charge < -0.3 is 11.1 Å². The molecule has 0 rings (SSSR count). The van der Waals surface area contributed by atoms with Crippen LogP contribution in [0.4, 0.5) is 0 Å². The summed E-state index contributed by atoms with van der Waals surface area (Å²) in [6, 6.07) is 0.